The topological polar surface area (TPSA) is 122 Å². The van der Waals surface area contributed by atoms with E-state index < -0.39 is 7.82 Å². The minimum Gasteiger partial charge on any atom is -0.780 e. The molecule has 13 heteroatoms. The first-order valence-corrected chi connectivity index (χ1v) is 10.7. The number of benzene rings is 2. The Hall–Kier alpha value is -0.780. The molecule has 0 N–H and O–H groups in total. The molecule has 0 radical (unpaired) electrons. The van der Waals surface area contributed by atoms with E-state index in [-0.39, 0.29) is 70.6 Å². The van der Waals surface area contributed by atoms with Gasteiger partial charge in [0.15, 0.2) is 23.0 Å². The fourth-order valence-electron chi connectivity index (χ4n) is 2.90. The Morgan fingerprint density at radius 2 is 1.38 bits per heavy atom. The normalized spacial score (nSPS) is 10.4. The molecule has 0 aliphatic heterocycles. The van der Waals surface area contributed by atoms with Gasteiger partial charge >= 0.3 is 59.1 Å². The summed E-state index contributed by atoms with van der Waals surface area (Å²) in [5, 5.41) is 0. The summed E-state index contributed by atoms with van der Waals surface area (Å²) in [6, 6.07) is 8.19. The molecule has 0 saturated carbocycles. The minimum absolute atomic E-state index is 0. The summed E-state index contributed by atoms with van der Waals surface area (Å²) in [6.45, 7) is 0. The number of ether oxygens (including phenoxy) is 4. The second-order valence-corrected chi connectivity index (χ2v) is 7.77. The van der Waals surface area contributed by atoms with Gasteiger partial charge in [-0.25, -0.2) is 0 Å². The third kappa shape index (κ3) is 6.64. The maximum Gasteiger partial charge on any atom is 1.00 e. The quantitative estimate of drug-likeness (QED) is 0.233. The van der Waals surface area contributed by atoms with Crippen molar-refractivity contribution in [3.8, 4) is 50.3 Å². The van der Waals surface area contributed by atoms with Gasteiger partial charge in [-0.15, -0.1) is 0 Å². The molecule has 0 bridgehead atoms. The van der Waals surface area contributed by atoms with Gasteiger partial charge in [-0.3, -0.25) is 0 Å². The molecule has 0 saturated heterocycles. The zero-order valence-corrected chi connectivity index (χ0v) is 24.2. The number of nitrogens with zero attached hydrogens (tertiary/aromatic N) is 1. The maximum atomic E-state index is 11.1. The molecule has 0 atom stereocenters. The van der Waals surface area contributed by atoms with Crippen LogP contribution < -0.4 is 92.4 Å². The van der Waals surface area contributed by atoms with Gasteiger partial charge in [0.2, 0.25) is 5.75 Å². The molecule has 160 valence electrons. The van der Waals surface area contributed by atoms with Crippen molar-refractivity contribution in [3.05, 3.63) is 36.5 Å². The SMILES string of the molecule is COc1ccc(-c2sncc2-c2cc(OC)c(OC)c(OC)c2)cc1OP(=O)([O-])[O-].[Na+].[Na+]. The van der Waals surface area contributed by atoms with Crippen LogP contribution >= 0.6 is 19.4 Å². The number of phosphoric ester groups is 1. The standard InChI is InChI=1S/C19H20NO8PS.2Na/c1-24-14-6-5-11(7-15(14)28-29(21,22)23)19-13(10-20-30-19)12-8-16(25-2)18(27-4)17(9-12)26-3;;/h5-10H,1-4H3,(H2,21,22,23);;/q;2*+1/p-2. The predicted molar refractivity (Wildman–Crippen MR) is 107 cm³/mol. The van der Waals surface area contributed by atoms with Crippen molar-refractivity contribution in [1.82, 2.24) is 4.37 Å². The van der Waals surface area contributed by atoms with Gasteiger partial charge < -0.3 is 37.8 Å². The Morgan fingerprint density at radius 3 is 1.88 bits per heavy atom. The van der Waals surface area contributed by atoms with Crippen LogP contribution in [0.3, 0.4) is 0 Å². The second-order valence-electron chi connectivity index (χ2n) is 5.89. The Labute approximate surface area is 234 Å². The van der Waals surface area contributed by atoms with Crippen molar-refractivity contribution < 1.29 is 96.9 Å². The molecule has 9 nitrogen and oxygen atoms in total. The summed E-state index contributed by atoms with van der Waals surface area (Å²) in [6.07, 6.45) is 1.66. The smallest absolute Gasteiger partial charge is 0.780 e. The van der Waals surface area contributed by atoms with Crippen LogP contribution in [0, 0.1) is 0 Å². The monoisotopic (exact) mass is 497 g/mol. The van der Waals surface area contributed by atoms with Gasteiger partial charge in [-0.2, -0.15) is 4.37 Å². The van der Waals surface area contributed by atoms with Gasteiger partial charge in [0.25, 0.3) is 0 Å². The van der Waals surface area contributed by atoms with Crippen LogP contribution in [0.25, 0.3) is 21.6 Å². The average Bonchev–Trinajstić information content (AvgIpc) is 3.21. The summed E-state index contributed by atoms with van der Waals surface area (Å²) < 4.78 is 41.2. The number of methoxy groups -OCH3 is 4. The van der Waals surface area contributed by atoms with Crippen LogP contribution in [0.1, 0.15) is 0 Å². The summed E-state index contributed by atoms with van der Waals surface area (Å²) >= 11 is 1.19. The fraction of sp³-hybridized carbons (Fsp3) is 0.211. The molecule has 0 amide bonds. The third-order valence-corrected chi connectivity index (χ3v) is 5.45. The molecule has 3 rings (SSSR count). The summed E-state index contributed by atoms with van der Waals surface area (Å²) in [5.74, 6) is 1.31. The zero-order valence-electron chi connectivity index (χ0n) is 18.5. The molecule has 2 aromatic carbocycles. The number of hydrogen-bond donors (Lipinski definition) is 0. The Kier molecular flexibility index (Phi) is 11.5. The van der Waals surface area contributed by atoms with Gasteiger partial charge in [0, 0.05) is 11.8 Å². The first-order chi connectivity index (χ1) is 14.3. The molecule has 0 aliphatic carbocycles. The Balaban J connectivity index is 0.00000256. The van der Waals surface area contributed by atoms with Crippen LogP contribution in [0.2, 0.25) is 0 Å². The van der Waals surface area contributed by atoms with E-state index in [0.717, 1.165) is 11.1 Å². The van der Waals surface area contributed by atoms with Gasteiger partial charge in [-0.1, -0.05) is 0 Å². The minimum atomic E-state index is -5.26. The Bertz CT molecular complexity index is 1080. The van der Waals surface area contributed by atoms with E-state index >= 15 is 0 Å². The third-order valence-electron chi connectivity index (χ3n) is 4.18. The van der Waals surface area contributed by atoms with E-state index in [1.54, 1.807) is 24.4 Å². The van der Waals surface area contributed by atoms with Crippen molar-refractivity contribution in [3.63, 3.8) is 0 Å². The van der Waals surface area contributed by atoms with Crippen molar-refractivity contribution in [2.45, 2.75) is 0 Å². The van der Waals surface area contributed by atoms with Crippen LogP contribution in [-0.2, 0) is 4.57 Å². The predicted octanol–water partition coefficient (Wildman–Crippen LogP) is -3.27. The summed E-state index contributed by atoms with van der Waals surface area (Å²) in [7, 11) is 0.633. The summed E-state index contributed by atoms with van der Waals surface area (Å²) in [5.41, 5.74) is 2.07. The van der Waals surface area contributed by atoms with E-state index in [4.69, 9.17) is 18.9 Å². The molecule has 32 heavy (non-hydrogen) atoms. The van der Waals surface area contributed by atoms with Crippen molar-refractivity contribution in [2.75, 3.05) is 28.4 Å². The first kappa shape index (κ1) is 29.3. The molecule has 1 heterocycles. The van der Waals surface area contributed by atoms with Crippen molar-refractivity contribution in [2.24, 2.45) is 0 Å². The number of rotatable bonds is 8. The van der Waals surface area contributed by atoms with Crippen LogP contribution in [0.5, 0.6) is 28.7 Å². The van der Waals surface area contributed by atoms with E-state index in [2.05, 4.69) is 8.90 Å². The molecular weight excluding hydrogens is 479 g/mol. The second kappa shape index (κ2) is 12.6. The van der Waals surface area contributed by atoms with Crippen LogP contribution in [0.15, 0.2) is 36.5 Å². The number of aromatic nitrogens is 1. The first-order valence-electron chi connectivity index (χ1n) is 8.46. The van der Waals surface area contributed by atoms with Gasteiger partial charge in [0.1, 0.15) is 7.82 Å². The zero-order chi connectivity index (χ0) is 21.9. The number of phosphoric acid groups is 1. The number of hydrogen-bond acceptors (Lipinski definition) is 10. The average molecular weight is 497 g/mol. The van der Waals surface area contributed by atoms with E-state index in [1.165, 1.54) is 52.1 Å². The van der Waals surface area contributed by atoms with Gasteiger partial charge in [0.05, 0.1) is 33.3 Å². The molecule has 3 aromatic rings. The molecule has 0 unspecified atom stereocenters. The van der Waals surface area contributed by atoms with E-state index in [0.29, 0.717) is 27.7 Å². The molecule has 1 aromatic heterocycles. The molecular formula is C19H18NNa2O8PS. The fourth-order valence-corrected chi connectivity index (χ4v) is 4.05. The van der Waals surface area contributed by atoms with Crippen LogP contribution in [0.4, 0.5) is 0 Å². The summed E-state index contributed by atoms with van der Waals surface area (Å²) in [4.78, 5) is 22.9. The molecule has 0 aliphatic rings. The van der Waals surface area contributed by atoms with Gasteiger partial charge in [-0.05, 0) is 53.0 Å². The Morgan fingerprint density at radius 1 is 0.812 bits per heavy atom. The van der Waals surface area contributed by atoms with E-state index in [9.17, 15) is 14.4 Å². The largest absolute Gasteiger partial charge is 1.00 e. The van der Waals surface area contributed by atoms with Crippen molar-refractivity contribution >= 4 is 19.4 Å². The van der Waals surface area contributed by atoms with Crippen LogP contribution in [-0.4, -0.2) is 32.8 Å². The molecule has 0 fully saturated rings. The molecule has 0 spiro atoms. The van der Waals surface area contributed by atoms with E-state index in [1.807, 2.05) is 0 Å². The van der Waals surface area contributed by atoms with Crippen molar-refractivity contribution in [1.29, 1.82) is 0 Å². The maximum absolute atomic E-state index is 11.1.